The smallest absolute Gasteiger partial charge is 0.265 e. The highest BCUT2D eigenvalue weighted by Gasteiger charge is 2.28. The average molecular weight is 295 g/mol. The molecule has 100 valence electrons. The Balaban J connectivity index is 2.31. The number of thioether (sulfide) groups is 1. The van der Waals surface area contributed by atoms with E-state index < -0.39 is 0 Å². The topological polar surface area (TPSA) is 49.8 Å². The molecule has 1 aromatic rings. The van der Waals surface area contributed by atoms with E-state index >= 15 is 0 Å². The summed E-state index contributed by atoms with van der Waals surface area (Å²) in [7, 11) is 1.65. The largest absolute Gasteiger partial charge is 0.504 e. The van der Waals surface area contributed by atoms with E-state index in [1.54, 1.807) is 31.3 Å². The van der Waals surface area contributed by atoms with Crippen LogP contribution in [-0.2, 0) is 4.79 Å². The molecule has 1 amide bonds. The first-order valence-electron chi connectivity index (χ1n) is 5.70. The Kier molecular flexibility index (Phi) is 4.11. The van der Waals surface area contributed by atoms with Gasteiger partial charge in [0.15, 0.2) is 11.5 Å². The Labute approximate surface area is 121 Å². The molecule has 0 aliphatic carbocycles. The van der Waals surface area contributed by atoms with Gasteiger partial charge in [0.25, 0.3) is 5.91 Å². The number of thiocarbonyl (C=S) groups is 1. The van der Waals surface area contributed by atoms with Crippen LogP contribution in [0.15, 0.2) is 23.1 Å². The van der Waals surface area contributed by atoms with Crippen molar-refractivity contribution in [2.24, 2.45) is 0 Å². The van der Waals surface area contributed by atoms with Gasteiger partial charge in [-0.05, 0) is 30.7 Å². The SMILES string of the molecule is CCOc1cc(C=C2SC(=S)N(C)C2=O)ccc1O. The third-order valence-corrected chi connectivity index (χ3v) is 4.05. The second-order valence-electron chi connectivity index (χ2n) is 3.90. The third-order valence-electron chi connectivity index (χ3n) is 2.57. The predicted molar refractivity (Wildman–Crippen MR) is 80.2 cm³/mol. The summed E-state index contributed by atoms with van der Waals surface area (Å²) >= 11 is 6.33. The van der Waals surface area contributed by atoms with Crippen molar-refractivity contribution in [3.63, 3.8) is 0 Å². The molecule has 19 heavy (non-hydrogen) atoms. The van der Waals surface area contributed by atoms with Crippen molar-refractivity contribution >= 4 is 40.3 Å². The van der Waals surface area contributed by atoms with Crippen LogP contribution in [0, 0.1) is 0 Å². The number of benzene rings is 1. The van der Waals surface area contributed by atoms with Gasteiger partial charge in [0.05, 0.1) is 11.5 Å². The minimum Gasteiger partial charge on any atom is -0.504 e. The van der Waals surface area contributed by atoms with Gasteiger partial charge < -0.3 is 9.84 Å². The lowest BCUT2D eigenvalue weighted by Gasteiger charge is -2.06. The number of phenolic OH excluding ortho intramolecular Hbond substituents is 1. The number of rotatable bonds is 3. The first-order valence-corrected chi connectivity index (χ1v) is 6.92. The van der Waals surface area contributed by atoms with Crippen molar-refractivity contribution < 1.29 is 14.6 Å². The van der Waals surface area contributed by atoms with Crippen LogP contribution in [0.3, 0.4) is 0 Å². The number of hydrogen-bond donors (Lipinski definition) is 1. The lowest BCUT2D eigenvalue weighted by atomic mass is 10.2. The molecule has 1 aliphatic rings. The number of phenols is 1. The molecular formula is C13H13NO3S2. The molecule has 0 bridgehead atoms. The molecule has 1 N–H and O–H groups in total. The van der Waals surface area contributed by atoms with Gasteiger partial charge in [-0.2, -0.15) is 0 Å². The van der Waals surface area contributed by atoms with Gasteiger partial charge in [-0.25, -0.2) is 0 Å². The fraction of sp³-hybridized carbons (Fsp3) is 0.231. The van der Waals surface area contributed by atoms with E-state index in [1.807, 2.05) is 6.92 Å². The maximum absolute atomic E-state index is 11.9. The Morgan fingerprint density at radius 3 is 2.84 bits per heavy atom. The van der Waals surface area contributed by atoms with Crippen molar-refractivity contribution in [2.45, 2.75) is 6.92 Å². The van der Waals surface area contributed by atoms with Gasteiger partial charge in [0.2, 0.25) is 0 Å². The molecule has 0 aromatic heterocycles. The third kappa shape index (κ3) is 2.90. The second kappa shape index (κ2) is 5.63. The van der Waals surface area contributed by atoms with E-state index in [4.69, 9.17) is 17.0 Å². The van der Waals surface area contributed by atoms with Crippen molar-refractivity contribution in [1.29, 1.82) is 0 Å². The van der Waals surface area contributed by atoms with E-state index in [2.05, 4.69) is 0 Å². The Morgan fingerprint density at radius 2 is 2.26 bits per heavy atom. The number of nitrogens with zero attached hydrogens (tertiary/aromatic N) is 1. The number of carbonyl (C=O) groups is 1. The zero-order chi connectivity index (χ0) is 14.0. The van der Waals surface area contributed by atoms with Gasteiger partial charge in [0.1, 0.15) is 4.32 Å². The van der Waals surface area contributed by atoms with Crippen LogP contribution in [0.4, 0.5) is 0 Å². The van der Waals surface area contributed by atoms with Crippen molar-refractivity contribution in [3.8, 4) is 11.5 Å². The van der Waals surface area contributed by atoms with Crippen LogP contribution >= 0.6 is 24.0 Å². The van der Waals surface area contributed by atoms with E-state index in [0.29, 0.717) is 21.6 Å². The summed E-state index contributed by atoms with van der Waals surface area (Å²) in [6, 6.07) is 4.96. The highest BCUT2D eigenvalue weighted by atomic mass is 32.2. The van der Waals surface area contributed by atoms with Crippen molar-refractivity contribution in [3.05, 3.63) is 28.7 Å². The fourth-order valence-corrected chi connectivity index (χ4v) is 2.77. The van der Waals surface area contributed by atoms with Gasteiger partial charge in [0, 0.05) is 7.05 Å². The number of hydrogen-bond acceptors (Lipinski definition) is 5. The molecular weight excluding hydrogens is 282 g/mol. The lowest BCUT2D eigenvalue weighted by Crippen LogP contribution is -2.22. The molecule has 1 fully saturated rings. The van der Waals surface area contributed by atoms with Crippen LogP contribution < -0.4 is 4.74 Å². The van der Waals surface area contributed by atoms with Gasteiger partial charge in [-0.3, -0.25) is 9.69 Å². The summed E-state index contributed by atoms with van der Waals surface area (Å²) in [6.07, 6.45) is 1.74. The van der Waals surface area contributed by atoms with Crippen LogP contribution in [0.5, 0.6) is 11.5 Å². The number of aromatic hydroxyl groups is 1. The summed E-state index contributed by atoms with van der Waals surface area (Å²) in [5.74, 6) is 0.381. The summed E-state index contributed by atoms with van der Waals surface area (Å²) < 4.78 is 5.85. The lowest BCUT2D eigenvalue weighted by molar-refractivity contribution is -0.121. The molecule has 1 aromatic carbocycles. The molecule has 0 saturated carbocycles. The first kappa shape index (κ1) is 13.9. The molecule has 1 aliphatic heterocycles. The molecule has 2 rings (SSSR count). The van der Waals surface area contributed by atoms with Crippen molar-refractivity contribution in [1.82, 2.24) is 4.90 Å². The molecule has 0 spiro atoms. The summed E-state index contributed by atoms with van der Waals surface area (Å²) in [4.78, 5) is 13.9. The normalized spacial score (nSPS) is 17.4. The van der Waals surface area contributed by atoms with Gasteiger partial charge in [-0.15, -0.1) is 0 Å². The quantitative estimate of drug-likeness (QED) is 0.686. The summed E-state index contributed by atoms with van der Waals surface area (Å²) in [5.41, 5.74) is 0.787. The Hall–Kier alpha value is -1.53. The molecule has 0 unspecified atom stereocenters. The summed E-state index contributed by atoms with van der Waals surface area (Å²) in [6.45, 7) is 2.31. The molecule has 0 atom stereocenters. The molecule has 1 heterocycles. The Bertz CT molecular complexity index is 569. The van der Waals surface area contributed by atoms with Crippen LogP contribution in [0.25, 0.3) is 6.08 Å². The zero-order valence-corrected chi connectivity index (χ0v) is 12.2. The minimum atomic E-state index is -0.110. The summed E-state index contributed by atoms with van der Waals surface area (Å²) in [5, 5.41) is 9.62. The maximum Gasteiger partial charge on any atom is 0.265 e. The minimum absolute atomic E-state index is 0.0852. The highest BCUT2D eigenvalue weighted by Crippen LogP contribution is 2.33. The standard InChI is InChI=1S/C13H13NO3S2/c1-3-17-10-6-8(4-5-9(10)15)7-11-12(16)14(2)13(18)19-11/h4-7,15H,3H2,1-2H3. The fourth-order valence-electron chi connectivity index (χ4n) is 1.59. The van der Waals surface area contributed by atoms with E-state index in [1.165, 1.54) is 16.7 Å². The molecule has 6 heteroatoms. The van der Waals surface area contributed by atoms with E-state index in [0.717, 1.165) is 5.56 Å². The Morgan fingerprint density at radius 1 is 1.53 bits per heavy atom. The van der Waals surface area contributed by atoms with Gasteiger partial charge >= 0.3 is 0 Å². The molecule has 1 saturated heterocycles. The maximum atomic E-state index is 11.9. The second-order valence-corrected chi connectivity index (χ2v) is 5.58. The first-order chi connectivity index (χ1) is 9.02. The number of carbonyl (C=O) groups excluding carboxylic acids is 1. The van der Waals surface area contributed by atoms with Crippen LogP contribution in [-0.4, -0.2) is 33.9 Å². The average Bonchev–Trinajstić information content (AvgIpc) is 2.62. The van der Waals surface area contributed by atoms with E-state index in [9.17, 15) is 9.90 Å². The van der Waals surface area contributed by atoms with Crippen LogP contribution in [0.2, 0.25) is 0 Å². The van der Waals surface area contributed by atoms with E-state index in [-0.39, 0.29) is 11.7 Å². The van der Waals surface area contributed by atoms with Crippen molar-refractivity contribution in [2.75, 3.05) is 13.7 Å². The number of likely N-dealkylation sites (N-methyl/N-ethyl adjacent to an activating group) is 1. The number of amides is 1. The zero-order valence-electron chi connectivity index (χ0n) is 10.5. The molecule has 4 nitrogen and oxygen atoms in total. The van der Waals surface area contributed by atoms with Gasteiger partial charge in [-0.1, -0.05) is 30.0 Å². The monoisotopic (exact) mass is 295 g/mol. The highest BCUT2D eigenvalue weighted by molar-refractivity contribution is 8.26. The van der Waals surface area contributed by atoms with Crippen LogP contribution in [0.1, 0.15) is 12.5 Å². The predicted octanol–water partition coefficient (Wildman–Crippen LogP) is 2.62. The molecule has 0 radical (unpaired) electrons. The number of ether oxygens (including phenoxy) is 1.